The van der Waals surface area contributed by atoms with Gasteiger partial charge in [0.25, 0.3) is 0 Å². The topological polar surface area (TPSA) is 12.0 Å². The molecule has 0 bridgehead atoms. The third-order valence-electron chi connectivity index (χ3n) is 4.26. The van der Waals surface area contributed by atoms with Crippen molar-refractivity contribution in [3.8, 4) is 0 Å². The molecule has 1 aromatic heterocycles. The van der Waals surface area contributed by atoms with Crippen LogP contribution in [0.25, 0.3) is 6.08 Å². The zero-order valence-corrected chi connectivity index (χ0v) is 14.3. The summed E-state index contributed by atoms with van der Waals surface area (Å²) in [5.41, 5.74) is 3.07. The minimum atomic E-state index is 0.562. The number of nitrogens with one attached hydrogen (secondary N) is 1. The van der Waals surface area contributed by atoms with Crippen LogP contribution < -0.4 is 5.32 Å². The van der Waals surface area contributed by atoms with Crippen molar-refractivity contribution in [3.63, 3.8) is 0 Å². The van der Waals surface area contributed by atoms with Crippen molar-refractivity contribution in [2.75, 3.05) is 6.54 Å². The maximum atomic E-state index is 3.62. The van der Waals surface area contributed by atoms with Crippen LogP contribution in [0.1, 0.15) is 61.3 Å². The van der Waals surface area contributed by atoms with E-state index in [1.165, 1.54) is 47.4 Å². The third kappa shape index (κ3) is 4.46. The molecule has 0 radical (unpaired) electrons. The van der Waals surface area contributed by atoms with Crippen molar-refractivity contribution in [1.29, 1.82) is 0 Å². The van der Waals surface area contributed by atoms with Crippen molar-refractivity contribution >= 4 is 17.4 Å². The van der Waals surface area contributed by atoms with E-state index in [2.05, 4.69) is 45.2 Å². The van der Waals surface area contributed by atoms with Crippen LogP contribution in [0.2, 0.25) is 0 Å². The Morgan fingerprint density at radius 1 is 1.30 bits per heavy atom. The van der Waals surface area contributed by atoms with Gasteiger partial charge in [-0.25, -0.2) is 0 Å². The molecule has 0 spiro atoms. The number of hydrogen-bond donors (Lipinski definition) is 1. The van der Waals surface area contributed by atoms with Crippen LogP contribution in [0.3, 0.4) is 0 Å². The predicted octanol–water partition coefficient (Wildman–Crippen LogP) is 5.33. The van der Waals surface area contributed by atoms with E-state index >= 15 is 0 Å². The first kappa shape index (κ1) is 15.8. The molecule has 1 aliphatic rings. The molecule has 1 aliphatic carbocycles. The normalized spacial score (nSPS) is 17.9. The number of aryl methyl sites for hydroxylation is 2. The average Bonchev–Trinajstić information content (AvgIpc) is 2.73. The Bertz CT molecular complexity index is 450. The maximum absolute atomic E-state index is 3.62. The summed E-state index contributed by atoms with van der Waals surface area (Å²) in [7, 11) is 0. The molecule has 0 amide bonds. The van der Waals surface area contributed by atoms with E-state index in [1.54, 1.807) is 5.57 Å². The molecule has 0 aromatic carbocycles. The Labute approximate surface area is 128 Å². The lowest BCUT2D eigenvalue weighted by molar-refractivity contribution is 0.394. The third-order valence-corrected chi connectivity index (χ3v) is 5.25. The van der Waals surface area contributed by atoms with Gasteiger partial charge in [0.15, 0.2) is 0 Å². The minimum absolute atomic E-state index is 0.562. The van der Waals surface area contributed by atoms with Gasteiger partial charge >= 0.3 is 0 Å². The molecule has 0 saturated heterocycles. The van der Waals surface area contributed by atoms with Gasteiger partial charge in [0.2, 0.25) is 0 Å². The van der Waals surface area contributed by atoms with Gasteiger partial charge in [0.1, 0.15) is 0 Å². The van der Waals surface area contributed by atoms with Gasteiger partial charge in [-0.3, -0.25) is 0 Å². The van der Waals surface area contributed by atoms with E-state index in [-0.39, 0.29) is 0 Å². The molecule has 1 N–H and O–H groups in total. The first-order valence-electron chi connectivity index (χ1n) is 8.07. The summed E-state index contributed by atoms with van der Waals surface area (Å²) in [4.78, 5) is 2.88. The summed E-state index contributed by atoms with van der Waals surface area (Å²) >= 11 is 1.92. The van der Waals surface area contributed by atoms with Gasteiger partial charge in [-0.2, -0.15) is 0 Å². The van der Waals surface area contributed by atoms with Crippen molar-refractivity contribution in [2.24, 2.45) is 5.92 Å². The summed E-state index contributed by atoms with van der Waals surface area (Å²) in [6, 6.07) is 2.91. The molecule has 1 nitrogen and oxygen atoms in total. The van der Waals surface area contributed by atoms with E-state index in [0.29, 0.717) is 6.04 Å². The predicted molar refractivity (Wildman–Crippen MR) is 91.5 cm³/mol. The summed E-state index contributed by atoms with van der Waals surface area (Å²) in [6.45, 7) is 9.98. The van der Waals surface area contributed by atoms with Crippen LogP contribution in [0.4, 0.5) is 0 Å². The molecule has 0 atom stereocenters. The van der Waals surface area contributed by atoms with Gasteiger partial charge in [-0.05, 0) is 44.2 Å². The fourth-order valence-corrected chi connectivity index (χ4v) is 4.01. The first-order valence-corrected chi connectivity index (χ1v) is 8.89. The monoisotopic (exact) mass is 291 g/mol. The molecule has 0 unspecified atom stereocenters. The Balaban J connectivity index is 2.17. The average molecular weight is 292 g/mol. The zero-order chi connectivity index (χ0) is 14.5. The van der Waals surface area contributed by atoms with Crippen LogP contribution >= 0.6 is 11.3 Å². The SMILES string of the molecule is Cc1cc(/C=C(/CNC(C)C)C2CCCCC2)c(C)s1. The van der Waals surface area contributed by atoms with Gasteiger partial charge in [0.05, 0.1) is 0 Å². The largest absolute Gasteiger partial charge is 0.311 e. The van der Waals surface area contributed by atoms with Gasteiger partial charge in [-0.15, -0.1) is 11.3 Å². The molecule has 1 heterocycles. The van der Waals surface area contributed by atoms with Crippen LogP contribution in [0.15, 0.2) is 11.6 Å². The minimum Gasteiger partial charge on any atom is -0.311 e. The summed E-state index contributed by atoms with van der Waals surface area (Å²) in [5.74, 6) is 0.801. The molecular weight excluding hydrogens is 262 g/mol. The lowest BCUT2D eigenvalue weighted by Crippen LogP contribution is -2.27. The molecule has 1 aromatic rings. The van der Waals surface area contributed by atoms with Gasteiger partial charge in [-0.1, -0.05) is 44.8 Å². The van der Waals surface area contributed by atoms with E-state index < -0.39 is 0 Å². The molecule has 2 rings (SSSR count). The standard InChI is InChI=1S/C18H29NS/c1-13(2)19-12-18(16-8-6-5-7-9-16)11-17-10-14(3)20-15(17)4/h10-11,13,16,19H,5-9,12H2,1-4H3/b18-11-. The van der Waals surface area contributed by atoms with E-state index in [9.17, 15) is 0 Å². The summed E-state index contributed by atoms with van der Waals surface area (Å²) in [6.07, 6.45) is 9.49. The number of hydrogen-bond acceptors (Lipinski definition) is 2. The molecular formula is C18H29NS. The van der Waals surface area contributed by atoms with E-state index in [1.807, 2.05) is 11.3 Å². The van der Waals surface area contributed by atoms with Crippen molar-refractivity contribution < 1.29 is 0 Å². The summed E-state index contributed by atoms with van der Waals surface area (Å²) in [5, 5.41) is 3.62. The molecule has 1 saturated carbocycles. The van der Waals surface area contributed by atoms with Crippen molar-refractivity contribution in [2.45, 2.75) is 65.8 Å². The van der Waals surface area contributed by atoms with Crippen LogP contribution in [0, 0.1) is 19.8 Å². The zero-order valence-electron chi connectivity index (χ0n) is 13.5. The van der Waals surface area contributed by atoms with E-state index in [0.717, 1.165) is 12.5 Å². The van der Waals surface area contributed by atoms with Gasteiger partial charge < -0.3 is 5.32 Å². The molecule has 112 valence electrons. The molecule has 2 heteroatoms. The number of rotatable bonds is 5. The Morgan fingerprint density at radius 2 is 2.00 bits per heavy atom. The molecule has 1 fully saturated rings. The highest BCUT2D eigenvalue weighted by atomic mass is 32.1. The molecule has 20 heavy (non-hydrogen) atoms. The second-order valence-corrected chi connectivity index (χ2v) is 7.92. The van der Waals surface area contributed by atoms with Crippen LogP contribution in [-0.4, -0.2) is 12.6 Å². The maximum Gasteiger partial charge on any atom is 0.0173 e. The Hall–Kier alpha value is -0.600. The van der Waals surface area contributed by atoms with Crippen molar-refractivity contribution in [1.82, 2.24) is 5.32 Å². The summed E-state index contributed by atoms with van der Waals surface area (Å²) < 4.78 is 0. The fraction of sp³-hybridized carbons (Fsp3) is 0.667. The number of thiophene rings is 1. The van der Waals surface area contributed by atoms with Gasteiger partial charge in [0, 0.05) is 22.3 Å². The lowest BCUT2D eigenvalue weighted by Gasteiger charge is -2.25. The highest BCUT2D eigenvalue weighted by Gasteiger charge is 2.18. The second-order valence-electron chi connectivity index (χ2n) is 6.46. The van der Waals surface area contributed by atoms with E-state index in [4.69, 9.17) is 0 Å². The van der Waals surface area contributed by atoms with Crippen LogP contribution in [0.5, 0.6) is 0 Å². The second kappa shape index (κ2) is 7.42. The Kier molecular flexibility index (Phi) is 5.86. The first-order chi connectivity index (χ1) is 9.56. The molecule has 0 aliphatic heterocycles. The lowest BCUT2D eigenvalue weighted by atomic mass is 9.83. The highest BCUT2D eigenvalue weighted by molar-refractivity contribution is 7.12. The smallest absolute Gasteiger partial charge is 0.0173 e. The quantitative estimate of drug-likeness (QED) is 0.773. The fourth-order valence-electron chi connectivity index (χ4n) is 3.10. The van der Waals surface area contributed by atoms with Crippen LogP contribution in [-0.2, 0) is 0 Å². The van der Waals surface area contributed by atoms with Crippen molar-refractivity contribution in [3.05, 3.63) is 27.0 Å². The Morgan fingerprint density at radius 3 is 2.55 bits per heavy atom. The highest BCUT2D eigenvalue weighted by Crippen LogP contribution is 2.32.